The number of rotatable bonds is 4. The number of anilines is 1. The van der Waals surface area contributed by atoms with E-state index in [4.69, 9.17) is 4.99 Å². The number of thioether (sulfide) groups is 1. The van der Waals surface area contributed by atoms with Crippen LogP contribution in [0.4, 0.5) is 15.8 Å². The molecule has 0 saturated carbocycles. The molecule has 33 heavy (non-hydrogen) atoms. The van der Waals surface area contributed by atoms with Gasteiger partial charge >= 0.3 is 0 Å². The highest BCUT2D eigenvalue weighted by atomic mass is 32.2. The number of para-hydroxylation sites is 1. The van der Waals surface area contributed by atoms with E-state index in [-0.39, 0.29) is 17.6 Å². The molecule has 0 radical (unpaired) electrons. The Morgan fingerprint density at radius 3 is 2.48 bits per heavy atom. The zero-order valence-electron chi connectivity index (χ0n) is 17.6. The van der Waals surface area contributed by atoms with Crippen molar-refractivity contribution in [3.63, 3.8) is 0 Å². The monoisotopic (exact) mass is 458 g/mol. The van der Waals surface area contributed by atoms with E-state index < -0.39 is 11.3 Å². The quantitative estimate of drug-likeness (QED) is 0.603. The van der Waals surface area contributed by atoms with E-state index in [2.05, 4.69) is 10.3 Å². The van der Waals surface area contributed by atoms with Crippen molar-refractivity contribution >= 4 is 46.0 Å². The van der Waals surface area contributed by atoms with Crippen molar-refractivity contribution in [1.82, 2.24) is 4.90 Å². The lowest BCUT2D eigenvalue weighted by Gasteiger charge is -2.26. The number of hydrogen-bond donors (Lipinski definition) is 1. The van der Waals surface area contributed by atoms with Crippen LogP contribution >= 0.6 is 11.8 Å². The van der Waals surface area contributed by atoms with Gasteiger partial charge in [0.2, 0.25) is 5.91 Å². The van der Waals surface area contributed by atoms with Gasteiger partial charge in [0.15, 0.2) is 11.2 Å². The maximum atomic E-state index is 13.4. The topological polar surface area (TPSA) is 74.1 Å². The molecular formula is C25H19FN4O2S. The third-order valence-electron chi connectivity index (χ3n) is 5.35. The standard InChI is InChI=1S/C25H19FN4O2S/c1-15(23(31)27-18-13-11-17(26)12-14-18)33-25-28-20-10-6-5-9-19(20)22-29-21(24(32)30(22)25)16-7-3-2-4-8-16/h2-15,21H,1H3,(H,27,31)/t15-,21-/m0/s1. The van der Waals surface area contributed by atoms with Gasteiger partial charge in [0, 0.05) is 11.3 Å². The summed E-state index contributed by atoms with van der Waals surface area (Å²) in [5.41, 5.74) is 2.77. The molecule has 2 heterocycles. The minimum Gasteiger partial charge on any atom is -0.325 e. The molecule has 2 atom stereocenters. The summed E-state index contributed by atoms with van der Waals surface area (Å²) in [6, 6.07) is 21.8. The van der Waals surface area contributed by atoms with Gasteiger partial charge in [-0.3, -0.25) is 9.59 Å². The Morgan fingerprint density at radius 2 is 1.73 bits per heavy atom. The van der Waals surface area contributed by atoms with Crippen molar-refractivity contribution in [3.8, 4) is 0 Å². The summed E-state index contributed by atoms with van der Waals surface area (Å²) in [7, 11) is 0. The highest BCUT2D eigenvalue weighted by molar-refractivity contribution is 8.15. The van der Waals surface area contributed by atoms with Crippen LogP contribution in [0.2, 0.25) is 0 Å². The third kappa shape index (κ3) is 4.05. The van der Waals surface area contributed by atoms with Crippen molar-refractivity contribution in [2.75, 3.05) is 5.32 Å². The molecular weight excluding hydrogens is 439 g/mol. The molecule has 0 aromatic heterocycles. The Balaban J connectivity index is 1.43. The molecule has 3 aromatic rings. The molecule has 2 aliphatic rings. The van der Waals surface area contributed by atoms with Crippen LogP contribution in [0, 0.1) is 5.82 Å². The zero-order valence-corrected chi connectivity index (χ0v) is 18.4. The summed E-state index contributed by atoms with van der Waals surface area (Å²) < 4.78 is 13.1. The summed E-state index contributed by atoms with van der Waals surface area (Å²) in [4.78, 5) is 37.1. The average molecular weight is 459 g/mol. The number of amides is 2. The molecule has 164 valence electrons. The number of benzene rings is 3. The number of hydrogen-bond acceptors (Lipinski definition) is 5. The lowest BCUT2D eigenvalue weighted by atomic mass is 10.1. The maximum Gasteiger partial charge on any atom is 0.263 e. The molecule has 0 saturated heterocycles. The molecule has 1 N–H and O–H groups in total. The molecule has 0 unspecified atom stereocenters. The van der Waals surface area contributed by atoms with Gasteiger partial charge in [-0.15, -0.1) is 0 Å². The number of carbonyl (C=O) groups is 2. The fourth-order valence-electron chi connectivity index (χ4n) is 3.67. The number of nitrogens with one attached hydrogen (secondary N) is 1. The molecule has 2 amide bonds. The molecule has 6 nitrogen and oxygen atoms in total. The fraction of sp³-hybridized carbons (Fsp3) is 0.120. The van der Waals surface area contributed by atoms with Gasteiger partial charge in [0.25, 0.3) is 5.91 Å². The first-order valence-corrected chi connectivity index (χ1v) is 11.3. The highest BCUT2D eigenvalue weighted by Crippen LogP contribution is 2.38. The smallest absolute Gasteiger partial charge is 0.263 e. The van der Waals surface area contributed by atoms with Gasteiger partial charge in [0.05, 0.1) is 10.9 Å². The maximum absolute atomic E-state index is 13.4. The first-order valence-electron chi connectivity index (χ1n) is 10.4. The Hall–Kier alpha value is -3.78. The lowest BCUT2D eigenvalue weighted by molar-refractivity contribution is -0.124. The number of carbonyl (C=O) groups excluding carboxylic acids is 2. The Bertz CT molecular complexity index is 1290. The van der Waals surface area contributed by atoms with Gasteiger partial charge in [0.1, 0.15) is 11.7 Å². The van der Waals surface area contributed by atoms with Crippen molar-refractivity contribution in [1.29, 1.82) is 0 Å². The Labute approximate surface area is 194 Å². The van der Waals surface area contributed by atoms with E-state index >= 15 is 0 Å². The van der Waals surface area contributed by atoms with Crippen LogP contribution in [0.15, 0.2) is 88.8 Å². The number of fused-ring (bicyclic) bond motifs is 3. The van der Waals surface area contributed by atoms with Crippen LogP contribution in [0.1, 0.15) is 24.1 Å². The lowest BCUT2D eigenvalue weighted by Crippen LogP contribution is -2.41. The second-order valence-electron chi connectivity index (χ2n) is 7.61. The summed E-state index contributed by atoms with van der Waals surface area (Å²) in [5.74, 6) is -0.327. The molecule has 8 heteroatoms. The predicted molar refractivity (Wildman–Crippen MR) is 128 cm³/mol. The van der Waals surface area contributed by atoms with Crippen LogP contribution in [-0.2, 0) is 9.59 Å². The summed E-state index contributed by atoms with van der Waals surface area (Å²) in [5, 5.41) is 2.60. The van der Waals surface area contributed by atoms with E-state index in [9.17, 15) is 14.0 Å². The van der Waals surface area contributed by atoms with Crippen LogP contribution in [0.25, 0.3) is 0 Å². The van der Waals surface area contributed by atoms with E-state index in [1.54, 1.807) is 6.92 Å². The number of amidine groups is 2. The number of aliphatic imine (C=N–C) groups is 2. The van der Waals surface area contributed by atoms with Gasteiger partial charge in [-0.2, -0.15) is 0 Å². The normalized spacial score (nSPS) is 17.6. The third-order valence-corrected chi connectivity index (χ3v) is 6.40. The summed E-state index contributed by atoms with van der Waals surface area (Å²) in [6.07, 6.45) is 0. The van der Waals surface area contributed by atoms with Crippen molar-refractivity contribution in [2.24, 2.45) is 9.98 Å². The van der Waals surface area contributed by atoms with Gasteiger partial charge in [-0.1, -0.05) is 54.2 Å². The largest absolute Gasteiger partial charge is 0.325 e. The Kier molecular flexibility index (Phi) is 5.51. The molecule has 0 fully saturated rings. The molecule has 2 aliphatic heterocycles. The van der Waals surface area contributed by atoms with E-state index in [1.165, 1.54) is 40.9 Å². The molecule has 0 aliphatic carbocycles. The minimum atomic E-state index is -0.665. The van der Waals surface area contributed by atoms with Gasteiger partial charge in [-0.05, 0) is 48.9 Å². The first kappa shape index (κ1) is 21.1. The minimum absolute atomic E-state index is 0.205. The van der Waals surface area contributed by atoms with Crippen molar-refractivity contribution < 1.29 is 14.0 Å². The molecule has 3 aromatic carbocycles. The van der Waals surface area contributed by atoms with Crippen LogP contribution in [0.5, 0.6) is 0 Å². The predicted octanol–water partition coefficient (Wildman–Crippen LogP) is 4.92. The second-order valence-corrected chi connectivity index (χ2v) is 8.92. The summed E-state index contributed by atoms with van der Waals surface area (Å²) >= 11 is 1.18. The molecule has 0 bridgehead atoms. The van der Waals surface area contributed by atoms with Gasteiger partial charge in [-0.25, -0.2) is 19.3 Å². The second kappa shape index (κ2) is 8.63. The van der Waals surface area contributed by atoms with E-state index in [0.717, 1.165) is 11.1 Å². The zero-order chi connectivity index (χ0) is 22.9. The average Bonchev–Trinajstić information content (AvgIpc) is 3.19. The van der Waals surface area contributed by atoms with Crippen molar-refractivity contribution in [2.45, 2.75) is 18.2 Å². The van der Waals surface area contributed by atoms with Crippen LogP contribution < -0.4 is 5.32 Å². The van der Waals surface area contributed by atoms with Crippen LogP contribution in [0.3, 0.4) is 0 Å². The summed E-state index contributed by atoms with van der Waals surface area (Å²) in [6.45, 7) is 1.73. The molecule has 0 spiro atoms. The van der Waals surface area contributed by atoms with E-state index in [1.807, 2.05) is 54.6 Å². The van der Waals surface area contributed by atoms with E-state index in [0.29, 0.717) is 22.4 Å². The fourth-order valence-corrected chi connectivity index (χ4v) is 4.59. The first-order chi connectivity index (χ1) is 16.0. The number of halogens is 1. The van der Waals surface area contributed by atoms with Gasteiger partial charge < -0.3 is 5.32 Å². The Morgan fingerprint density at radius 1 is 1.03 bits per heavy atom. The number of nitrogens with zero attached hydrogens (tertiary/aromatic N) is 3. The van der Waals surface area contributed by atoms with Crippen molar-refractivity contribution in [3.05, 3.63) is 95.8 Å². The highest BCUT2D eigenvalue weighted by Gasteiger charge is 2.42. The SMILES string of the molecule is C[C@H](SC1=Nc2ccccc2C2=N[C@@H](c3ccccc3)C(=O)N12)C(=O)Nc1ccc(F)cc1. The molecule has 5 rings (SSSR count). The van der Waals surface area contributed by atoms with Crippen LogP contribution in [-0.4, -0.2) is 33.0 Å².